The van der Waals surface area contributed by atoms with Gasteiger partial charge in [0.05, 0.1) is 4.92 Å². The van der Waals surface area contributed by atoms with Gasteiger partial charge >= 0.3 is 0 Å². The molecule has 5 heteroatoms. The van der Waals surface area contributed by atoms with E-state index in [0.717, 1.165) is 38.0 Å². The van der Waals surface area contributed by atoms with Crippen molar-refractivity contribution in [3.05, 3.63) is 76.5 Å². The summed E-state index contributed by atoms with van der Waals surface area (Å²) >= 11 is 0. The molecule has 1 aliphatic rings. The second-order valence-electron chi connectivity index (χ2n) is 6.71. The first-order valence-corrected chi connectivity index (χ1v) is 8.72. The van der Waals surface area contributed by atoms with Gasteiger partial charge in [-0.2, -0.15) is 0 Å². The van der Waals surface area contributed by atoms with Crippen molar-refractivity contribution in [2.24, 2.45) is 0 Å². The Kier molecular flexibility index (Phi) is 4.24. The fraction of sp³-hybridized carbons (Fsp3) is 0.300. The number of nitro groups is 1. The van der Waals surface area contributed by atoms with E-state index in [1.54, 1.807) is 12.1 Å². The molecule has 0 radical (unpaired) electrons. The molecule has 1 aromatic heterocycles. The molecule has 0 N–H and O–H groups in total. The Morgan fingerprint density at radius 2 is 1.72 bits per heavy atom. The Balaban J connectivity index is 1.39. The Hall–Kier alpha value is -2.66. The lowest BCUT2D eigenvalue weighted by Gasteiger charge is -2.33. The van der Waals surface area contributed by atoms with Crippen LogP contribution in [0.1, 0.15) is 24.4 Å². The van der Waals surface area contributed by atoms with E-state index in [9.17, 15) is 10.1 Å². The zero-order valence-electron chi connectivity index (χ0n) is 14.0. The summed E-state index contributed by atoms with van der Waals surface area (Å²) in [5.41, 5.74) is 2.61. The minimum Gasteiger partial charge on any atom is -0.344 e. The van der Waals surface area contributed by atoms with Crippen LogP contribution in [0.5, 0.6) is 0 Å². The molecule has 0 bridgehead atoms. The molecule has 1 saturated heterocycles. The molecule has 5 nitrogen and oxygen atoms in total. The molecule has 1 fully saturated rings. The zero-order valence-corrected chi connectivity index (χ0v) is 14.0. The maximum absolute atomic E-state index is 10.7. The molecule has 128 valence electrons. The van der Waals surface area contributed by atoms with Gasteiger partial charge in [-0.15, -0.1) is 0 Å². The molecule has 0 saturated carbocycles. The third kappa shape index (κ3) is 3.28. The van der Waals surface area contributed by atoms with Crippen molar-refractivity contribution >= 4 is 16.6 Å². The Labute approximate surface area is 146 Å². The quantitative estimate of drug-likeness (QED) is 0.525. The Morgan fingerprint density at radius 3 is 2.44 bits per heavy atom. The van der Waals surface area contributed by atoms with Crippen molar-refractivity contribution in [2.45, 2.75) is 25.4 Å². The fourth-order valence-electron chi connectivity index (χ4n) is 3.76. The number of non-ortho nitro benzene ring substituents is 1. The lowest BCUT2D eigenvalue weighted by atomic mass is 10.0. The van der Waals surface area contributed by atoms with E-state index in [1.165, 1.54) is 10.9 Å². The van der Waals surface area contributed by atoms with Gasteiger partial charge in [0.15, 0.2) is 0 Å². The summed E-state index contributed by atoms with van der Waals surface area (Å²) in [5, 5.41) is 12.0. The summed E-state index contributed by atoms with van der Waals surface area (Å²) in [6.07, 6.45) is 4.47. The van der Waals surface area contributed by atoms with Gasteiger partial charge in [-0.1, -0.05) is 30.3 Å². The smallest absolute Gasteiger partial charge is 0.269 e. The monoisotopic (exact) mass is 335 g/mol. The zero-order chi connectivity index (χ0) is 17.2. The van der Waals surface area contributed by atoms with Crippen LogP contribution in [0.15, 0.2) is 60.8 Å². The highest BCUT2D eigenvalue weighted by molar-refractivity contribution is 5.80. The molecule has 0 spiro atoms. The maximum atomic E-state index is 10.7. The van der Waals surface area contributed by atoms with Crippen molar-refractivity contribution in [1.29, 1.82) is 0 Å². The molecular formula is C20H21N3O2. The SMILES string of the molecule is O=[N+]([O-])c1ccc(CN2CCC(n3ccc4ccccc43)CC2)cc1. The number of aromatic nitrogens is 1. The second kappa shape index (κ2) is 6.69. The molecule has 2 heterocycles. The number of nitrogens with zero attached hydrogens (tertiary/aromatic N) is 3. The van der Waals surface area contributed by atoms with Crippen LogP contribution in [0.3, 0.4) is 0 Å². The van der Waals surface area contributed by atoms with Crippen LogP contribution in [-0.4, -0.2) is 27.5 Å². The highest BCUT2D eigenvalue weighted by Gasteiger charge is 2.21. The summed E-state index contributed by atoms with van der Waals surface area (Å²) in [6.45, 7) is 2.96. The predicted molar refractivity (Wildman–Crippen MR) is 98.6 cm³/mol. The molecule has 2 aromatic carbocycles. The van der Waals surface area contributed by atoms with Crippen molar-refractivity contribution in [2.75, 3.05) is 13.1 Å². The van der Waals surface area contributed by atoms with E-state index in [0.29, 0.717) is 6.04 Å². The molecule has 0 atom stereocenters. The standard InChI is InChI=1S/C20H21N3O2/c24-23(25)19-7-5-16(6-8-19)15-21-12-10-18(11-13-21)22-14-9-17-3-1-2-4-20(17)22/h1-9,14,18H,10-13,15H2. The van der Waals surface area contributed by atoms with Gasteiger partial charge in [0.1, 0.15) is 0 Å². The summed E-state index contributed by atoms with van der Waals surface area (Å²) in [4.78, 5) is 12.8. The minimum absolute atomic E-state index is 0.155. The van der Waals surface area contributed by atoms with E-state index in [-0.39, 0.29) is 10.6 Å². The average Bonchev–Trinajstić information content (AvgIpc) is 3.07. The van der Waals surface area contributed by atoms with Crippen molar-refractivity contribution < 1.29 is 4.92 Å². The topological polar surface area (TPSA) is 51.3 Å². The molecular weight excluding hydrogens is 314 g/mol. The molecule has 0 amide bonds. The fourth-order valence-corrected chi connectivity index (χ4v) is 3.76. The van der Waals surface area contributed by atoms with Crippen molar-refractivity contribution in [3.63, 3.8) is 0 Å². The van der Waals surface area contributed by atoms with Gasteiger partial charge in [-0.3, -0.25) is 15.0 Å². The number of piperidine rings is 1. The molecule has 0 unspecified atom stereocenters. The lowest BCUT2D eigenvalue weighted by Crippen LogP contribution is -2.34. The number of rotatable bonds is 4. The predicted octanol–water partition coefficient (Wildman–Crippen LogP) is 4.39. The number of para-hydroxylation sites is 1. The van der Waals surface area contributed by atoms with Crippen LogP contribution in [0.2, 0.25) is 0 Å². The minimum atomic E-state index is -0.351. The highest BCUT2D eigenvalue weighted by atomic mass is 16.6. The lowest BCUT2D eigenvalue weighted by molar-refractivity contribution is -0.384. The molecule has 1 aliphatic heterocycles. The van der Waals surface area contributed by atoms with Crippen LogP contribution >= 0.6 is 0 Å². The summed E-state index contributed by atoms with van der Waals surface area (Å²) in [7, 11) is 0. The highest BCUT2D eigenvalue weighted by Crippen LogP contribution is 2.28. The molecule has 4 rings (SSSR count). The third-order valence-corrected chi connectivity index (χ3v) is 5.13. The summed E-state index contributed by atoms with van der Waals surface area (Å²) in [6, 6.07) is 18.2. The summed E-state index contributed by atoms with van der Waals surface area (Å²) in [5.74, 6) is 0. The maximum Gasteiger partial charge on any atom is 0.269 e. The normalized spacial score (nSPS) is 16.3. The van der Waals surface area contributed by atoms with Crippen LogP contribution in [0, 0.1) is 10.1 Å². The van der Waals surface area contributed by atoms with Gasteiger partial charge in [0.25, 0.3) is 5.69 Å². The van der Waals surface area contributed by atoms with E-state index in [4.69, 9.17) is 0 Å². The van der Waals surface area contributed by atoms with Gasteiger partial charge in [0.2, 0.25) is 0 Å². The number of benzene rings is 2. The first kappa shape index (κ1) is 15.8. The first-order valence-electron chi connectivity index (χ1n) is 8.72. The van der Waals surface area contributed by atoms with Gasteiger partial charge in [-0.05, 0) is 35.9 Å². The van der Waals surface area contributed by atoms with Gasteiger partial charge in [0, 0.05) is 49.5 Å². The van der Waals surface area contributed by atoms with E-state index in [1.807, 2.05) is 12.1 Å². The van der Waals surface area contributed by atoms with Crippen LogP contribution < -0.4 is 0 Å². The van der Waals surface area contributed by atoms with Crippen LogP contribution in [-0.2, 0) is 6.54 Å². The number of fused-ring (bicyclic) bond motifs is 1. The van der Waals surface area contributed by atoms with Crippen LogP contribution in [0.4, 0.5) is 5.69 Å². The first-order chi connectivity index (χ1) is 12.2. The van der Waals surface area contributed by atoms with E-state index < -0.39 is 0 Å². The molecule has 3 aromatic rings. The van der Waals surface area contributed by atoms with Crippen molar-refractivity contribution in [1.82, 2.24) is 9.47 Å². The van der Waals surface area contributed by atoms with E-state index >= 15 is 0 Å². The van der Waals surface area contributed by atoms with Gasteiger partial charge < -0.3 is 4.57 Å². The average molecular weight is 335 g/mol. The number of likely N-dealkylation sites (tertiary alicyclic amines) is 1. The largest absolute Gasteiger partial charge is 0.344 e. The van der Waals surface area contributed by atoms with E-state index in [2.05, 4.69) is 46.0 Å². The Morgan fingerprint density at radius 1 is 1.00 bits per heavy atom. The molecule has 0 aliphatic carbocycles. The second-order valence-corrected chi connectivity index (χ2v) is 6.71. The number of nitro benzene ring substituents is 1. The van der Waals surface area contributed by atoms with Crippen LogP contribution in [0.25, 0.3) is 10.9 Å². The Bertz CT molecular complexity index is 877. The number of hydrogen-bond donors (Lipinski definition) is 0. The molecule has 25 heavy (non-hydrogen) atoms. The third-order valence-electron chi connectivity index (χ3n) is 5.13. The number of hydrogen-bond acceptors (Lipinski definition) is 3. The van der Waals surface area contributed by atoms with Gasteiger partial charge in [-0.25, -0.2) is 0 Å². The van der Waals surface area contributed by atoms with Crippen molar-refractivity contribution in [3.8, 4) is 0 Å². The summed E-state index contributed by atoms with van der Waals surface area (Å²) < 4.78 is 2.42.